The Morgan fingerprint density at radius 1 is 1.10 bits per heavy atom. The summed E-state index contributed by atoms with van der Waals surface area (Å²) in [5.74, 6) is -0.380. The van der Waals surface area contributed by atoms with Gasteiger partial charge in [-0.2, -0.15) is 4.31 Å². The number of sulfonamides is 1. The van der Waals surface area contributed by atoms with E-state index in [-0.39, 0.29) is 10.8 Å². The molecule has 1 aromatic heterocycles. The van der Waals surface area contributed by atoms with Crippen molar-refractivity contribution < 1.29 is 13.2 Å². The lowest BCUT2D eigenvalue weighted by Crippen LogP contribution is -2.43. The summed E-state index contributed by atoms with van der Waals surface area (Å²) in [5.41, 5.74) is 3.01. The SMILES string of the molecule is Cc1ccc(S(=O)(=O)N2CCCC2C(=O)Nc2nnc(-c3cccc(C)c3)s2)cc1. The van der Waals surface area contributed by atoms with Crippen molar-refractivity contribution in [3.05, 3.63) is 59.7 Å². The summed E-state index contributed by atoms with van der Waals surface area (Å²) in [5, 5.41) is 12.0. The van der Waals surface area contributed by atoms with Crippen LogP contribution in [0.15, 0.2) is 53.4 Å². The van der Waals surface area contributed by atoms with Crippen LogP contribution in [0.3, 0.4) is 0 Å². The third-order valence-electron chi connectivity index (χ3n) is 5.05. The molecule has 0 bridgehead atoms. The zero-order valence-corrected chi connectivity index (χ0v) is 18.3. The number of nitrogens with zero attached hydrogens (tertiary/aromatic N) is 3. The lowest BCUT2D eigenvalue weighted by molar-refractivity contribution is -0.119. The molecule has 9 heteroatoms. The summed E-state index contributed by atoms with van der Waals surface area (Å²) in [7, 11) is -3.74. The second-order valence-electron chi connectivity index (χ2n) is 7.36. The number of rotatable bonds is 5. The Bertz CT molecular complexity index is 1170. The highest BCUT2D eigenvalue weighted by Crippen LogP contribution is 2.30. The van der Waals surface area contributed by atoms with E-state index in [1.165, 1.54) is 15.6 Å². The topological polar surface area (TPSA) is 92.3 Å². The molecule has 0 saturated carbocycles. The van der Waals surface area contributed by atoms with Crippen LogP contribution in [0.2, 0.25) is 0 Å². The van der Waals surface area contributed by atoms with Crippen LogP contribution in [0.4, 0.5) is 5.13 Å². The molecule has 1 saturated heterocycles. The van der Waals surface area contributed by atoms with Crippen LogP contribution >= 0.6 is 11.3 Å². The second-order valence-corrected chi connectivity index (χ2v) is 10.2. The first kappa shape index (κ1) is 20.6. The molecule has 2 heterocycles. The molecule has 7 nitrogen and oxygen atoms in total. The van der Waals surface area contributed by atoms with Crippen molar-refractivity contribution in [1.29, 1.82) is 0 Å². The minimum absolute atomic E-state index is 0.199. The third-order valence-corrected chi connectivity index (χ3v) is 7.86. The van der Waals surface area contributed by atoms with Gasteiger partial charge in [0.15, 0.2) is 0 Å². The fourth-order valence-corrected chi connectivity index (χ4v) is 5.89. The molecule has 3 aromatic rings. The van der Waals surface area contributed by atoms with Gasteiger partial charge in [-0.1, -0.05) is 52.8 Å². The van der Waals surface area contributed by atoms with Gasteiger partial charge in [0.1, 0.15) is 11.0 Å². The van der Waals surface area contributed by atoms with E-state index in [0.29, 0.717) is 29.5 Å². The second kappa shape index (κ2) is 8.25. The van der Waals surface area contributed by atoms with E-state index >= 15 is 0 Å². The van der Waals surface area contributed by atoms with Crippen LogP contribution in [-0.4, -0.2) is 41.4 Å². The first-order chi connectivity index (χ1) is 14.3. The number of nitrogens with one attached hydrogen (secondary N) is 1. The number of aryl methyl sites for hydroxylation is 2. The Hall–Kier alpha value is -2.62. The molecule has 1 amide bonds. The van der Waals surface area contributed by atoms with Crippen LogP contribution < -0.4 is 5.32 Å². The largest absolute Gasteiger partial charge is 0.299 e. The Kier molecular flexibility index (Phi) is 5.68. The van der Waals surface area contributed by atoms with Crippen molar-refractivity contribution in [3.8, 4) is 10.6 Å². The van der Waals surface area contributed by atoms with Crippen LogP contribution in [0.1, 0.15) is 24.0 Å². The zero-order chi connectivity index (χ0) is 21.3. The van der Waals surface area contributed by atoms with Gasteiger partial charge in [0.25, 0.3) is 0 Å². The smallest absolute Gasteiger partial charge is 0.244 e. The highest BCUT2D eigenvalue weighted by molar-refractivity contribution is 7.89. The van der Waals surface area contributed by atoms with Gasteiger partial charge in [0.05, 0.1) is 4.90 Å². The van der Waals surface area contributed by atoms with Crippen molar-refractivity contribution >= 4 is 32.4 Å². The van der Waals surface area contributed by atoms with Crippen molar-refractivity contribution in [1.82, 2.24) is 14.5 Å². The number of hydrogen-bond donors (Lipinski definition) is 1. The maximum Gasteiger partial charge on any atom is 0.244 e. The van der Waals surface area contributed by atoms with Crippen molar-refractivity contribution in [2.75, 3.05) is 11.9 Å². The number of amides is 1. The highest BCUT2D eigenvalue weighted by atomic mass is 32.2. The normalized spacial score (nSPS) is 17.2. The summed E-state index contributed by atoms with van der Waals surface area (Å²) in [4.78, 5) is 13.1. The average molecular weight is 443 g/mol. The molecule has 2 aromatic carbocycles. The number of carbonyl (C=O) groups excluding carboxylic acids is 1. The van der Waals surface area contributed by atoms with Gasteiger partial charge >= 0.3 is 0 Å². The van der Waals surface area contributed by atoms with E-state index in [1.54, 1.807) is 24.3 Å². The van der Waals surface area contributed by atoms with E-state index in [4.69, 9.17) is 0 Å². The van der Waals surface area contributed by atoms with E-state index < -0.39 is 16.1 Å². The molecule has 30 heavy (non-hydrogen) atoms. The monoisotopic (exact) mass is 442 g/mol. The lowest BCUT2D eigenvalue weighted by atomic mass is 10.1. The molecule has 0 radical (unpaired) electrons. The van der Waals surface area contributed by atoms with E-state index in [1.807, 2.05) is 38.1 Å². The van der Waals surface area contributed by atoms with Gasteiger partial charge < -0.3 is 0 Å². The summed E-state index contributed by atoms with van der Waals surface area (Å²) in [6, 6.07) is 13.8. The molecule has 0 aliphatic carbocycles. The standard InChI is InChI=1S/C21H22N4O3S2/c1-14-8-10-17(11-9-14)30(27,28)25-12-4-7-18(25)19(26)22-21-24-23-20(29-21)16-6-3-5-15(2)13-16/h3,5-6,8-11,13,18H,4,7,12H2,1-2H3,(H,22,24,26). The molecule has 1 atom stereocenters. The van der Waals surface area contributed by atoms with Gasteiger partial charge in [0.2, 0.25) is 21.1 Å². The van der Waals surface area contributed by atoms with E-state index in [0.717, 1.165) is 16.7 Å². The summed E-state index contributed by atoms with van der Waals surface area (Å²) in [6.07, 6.45) is 1.11. The number of carbonyl (C=O) groups is 1. The number of hydrogen-bond acceptors (Lipinski definition) is 6. The molecule has 4 rings (SSSR count). The van der Waals surface area contributed by atoms with Gasteiger partial charge in [-0.05, 0) is 44.9 Å². The third kappa shape index (κ3) is 4.14. The van der Waals surface area contributed by atoms with Crippen molar-refractivity contribution in [3.63, 3.8) is 0 Å². The minimum Gasteiger partial charge on any atom is -0.299 e. The number of benzene rings is 2. The highest BCUT2D eigenvalue weighted by Gasteiger charge is 2.39. The molecular weight excluding hydrogens is 420 g/mol. The molecule has 1 aliphatic rings. The predicted molar refractivity (Wildman–Crippen MR) is 117 cm³/mol. The molecule has 1 unspecified atom stereocenters. The van der Waals surface area contributed by atoms with E-state index in [2.05, 4.69) is 15.5 Å². The van der Waals surface area contributed by atoms with Crippen LogP contribution in [0.5, 0.6) is 0 Å². The van der Waals surface area contributed by atoms with Gasteiger partial charge in [0, 0.05) is 12.1 Å². The Balaban J connectivity index is 1.51. The van der Waals surface area contributed by atoms with Crippen LogP contribution in [-0.2, 0) is 14.8 Å². The first-order valence-electron chi connectivity index (χ1n) is 9.64. The Morgan fingerprint density at radius 3 is 2.60 bits per heavy atom. The fourth-order valence-electron chi connectivity index (χ4n) is 3.49. The quantitative estimate of drug-likeness (QED) is 0.652. The first-order valence-corrected chi connectivity index (χ1v) is 11.9. The van der Waals surface area contributed by atoms with E-state index in [9.17, 15) is 13.2 Å². The van der Waals surface area contributed by atoms with Gasteiger partial charge in [-0.3, -0.25) is 10.1 Å². The minimum atomic E-state index is -3.74. The van der Waals surface area contributed by atoms with Crippen LogP contribution in [0, 0.1) is 13.8 Å². The maximum absolute atomic E-state index is 13.1. The fraction of sp³-hybridized carbons (Fsp3) is 0.286. The number of aromatic nitrogens is 2. The van der Waals surface area contributed by atoms with Crippen LogP contribution in [0.25, 0.3) is 10.6 Å². The molecule has 1 N–H and O–H groups in total. The molecule has 156 valence electrons. The van der Waals surface area contributed by atoms with Gasteiger partial charge in [-0.25, -0.2) is 8.42 Å². The maximum atomic E-state index is 13.1. The average Bonchev–Trinajstić information content (AvgIpc) is 3.38. The Labute approximate surface area is 179 Å². The van der Waals surface area contributed by atoms with Crippen molar-refractivity contribution in [2.24, 2.45) is 0 Å². The van der Waals surface area contributed by atoms with Gasteiger partial charge in [-0.15, -0.1) is 10.2 Å². The summed E-state index contributed by atoms with van der Waals surface area (Å²) >= 11 is 1.27. The predicted octanol–water partition coefficient (Wildman–Crippen LogP) is 3.61. The zero-order valence-electron chi connectivity index (χ0n) is 16.7. The summed E-state index contributed by atoms with van der Waals surface area (Å²) < 4.78 is 27.4. The number of anilines is 1. The molecular formula is C21H22N4O3S2. The molecule has 0 spiro atoms. The summed E-state index contributed by atoms with van der Waals surface area (Å²) in [6.45, 7) is 4.21. The lowest BCUT2D eigenvalue weighted by Gasteiger charge is -2.23. The molecule has 1 aliphatic heterocycles. The Morgan fingerprint density at radius 2 is 1.87 bits per heavy atom. The molecule has 1 fully saturated rings. The van der Waals surface area contributed by atoms with Crippen molar-refractivity contribution in [2.45, 2.75) is 37.6 Å².